The highest BCUT2D eigenvalue weighted by Crippen LogP contribution is 2.21. The number of hydrogen-bond donors (Lipinski definition) is 0. The van der Waals surface area contributed by atoms with E-state index in [4.69, 9.17) is 0 Å². The van der Waals surface area contributed by atoms with Crippen LogP contribution in [0, 0.1) is 0 Å². The third kappa shape index (κ3) is 1.81. The number of hydrogen-bond acceptors (Lipinski definition) is 3. The van der Waals surface area contributed by atoms with Crippen molar-refractivity contribution in [3.05, 3.63) is 0 Å². The lowest BCUT2D eigenvalue weighted by molar-refractivity contribution is -0.148. The summed E-state index contributed by atoms with van der Waals surface area (Å²) in [5.41, 5.74) is 0. The number of carbonyl (C=O) groups excluding carboxylic acids is 3. The van der Waals surface area contributed by atoms with Gasteiger partial charge in [-0.3, -0.25) is 19.3 Å². The summed E-state index contributed by atoms with van der Waals surface area (Å²) in [7, 11) is 0. The van der Waals surface area contributed by atoms with Gasteiger partial charge in [-0.05, 0) is 19.3 Å². The zero-order valence-electron chi connectivity index (χ0n) is 9.44. The Labute approximate surface area is 94.4 Å². The summed E-state index contributed by atoms with van der Waals surface area (Å²) in [4.78, 5) is 37.8. The molecule has 2 rings (SSSR count). The molecule has 2 aliphatic rings. The monoisotopic (exact) mass is 224 g/mol. The molecular weight excluding hydrogens is 208 g/mol. The lowest BCUT2D eigenvalue weighted by atomic mass is 10.2. The van der Waals surface area contributed by atoms with Gasteiger partial charge < -0.3 is 4.90 Å². The van der Waals surface area contributed by atoms with E-state index in [0.29, 0.717) is 25.9 Å². The standard InChI is InChI=1S/C11H16N2O3/c1-8(14)12-6-2-4-9(12)11(16)13-7-3-5-10(13)15/h9H,2-7H2,1H3. The lowest BCUT2D eigenvalue weighted by Crippen LogP contribution is -2.47. The van der Waals surface area contributed by atoms with E-state index in [1.165, 1.54) is 11.8 Å². The molecule has 0 aromatic rings. The van der Waals surface area contributed by atoms with Crippen LogP contribution in [0.3, 0.4) is 0 Å². The van der Waals surface area contributed by atoms with Crippen LogP contribution < -0.4 is 0 Å². The van der Waals surface area contributed by atoms with Gasteiger partial charge in [0.2, 0.25) is 11.8 Å². The second kappa shape index (κ2) is 4.23. The van der Waals surface area contributed by atoms with Gasteiger partial charge in [0.05, 0.1) is 0 Å². The van der Waals surface area contributed by atoms with Crippen LogP contribution >= 0.6 is 0 Å². The minimum Gasteiger partial charge on any atom is -0.331 e. The van der Waals surface area contributed by atoms with Gasteiger partial charge in [0.1, 0.15) is 6.04 Å². The van der Waals surface area contributed by atoms with Crippen molar-refractivity contribution < 1.29 is 14.4 Å². The van der Waals surface area contributed by atoms with Crippen LogP contribution in [0.1, 0.15) is 32.6 Å². The quantitative estimate of drug-likeness (QED) is 0.595. The fourth-order valence-corrected chi connectivity index (χ4v) is 2.46. The summed E-state index contributed by atoms with van der Waals surface area (Å²) >= 11 is 0. The number of amides is 3. The maximum atomic E-state index is 12.1. The molecule has 1 atom stereocenters. The smallest absolute Gasteiger partial charge is 0.251 e. The van der Waals surface area contributed by atoms with Gasteiger partial charge in [0, 0.05) is 26.4 Å². The van der Waals surface area contributed by atoms with Crippen LogP contribution in [-0.2, 0) is 14.4 Å². The van der Waals surface area contributed by atoms with E-state index in [-0.39, 0.29) is 17.7 Å². The molecule has 5 nitrogen and oxygen atoms in total. The van der Waals surface area contributed by atoms with E-state index in [9.17, 15) is 14.4 Å². The third-order valence-electron chi connectivity index (χ3n) is 3.28. The fraction of sp³-hybridized carbons (Fsp3) is 0.727. The lowest BCUT2D eigenvalue weighted by Gasteiger charge is -2.25. The molecule has 0 bridgehead atoms. The van der Waals surface area contributed by atoms with Crippen LogP contribution in [-0.4, -0.2) is 46.7 Å². The molecule has 2 heterocycles. The van der Waals surface area contributed by atoms with Crippen molar-refractivity contribution >= 4 is 17.7 Å². The molecule has 0 saturated carbocycles. The van der Waals surface area contributed by atoms with Crippen LogP contribution in [0.15, 0.2) is 0 Å². The molecule has 1 unspecified atom stereocenters. The summed E-state index contributed by atoms with van der Waals surface area (Å²) in [6.07, 6.45) is 2.73. The molecule has 16 heavy (non-hydrogen) atoms. The van der Waals surface area contributed by atoms with Crippen LogP contribution in [0.2, 0.25) is 0 Å². The van der Waals surface area contributed by atoms with E-state index in [0.717, 1.165) is 12.8 Å². The highest BCUT2D eigenvalue weighted by molar-refractivity contribution is 6.00. The van der Waals surface area contributed by atoms with Crippen molar-refractivity contribution in [1.29, 1.82) is 0 Å². The molecule has 0 aromatic heterocycles. The summed E-state index contributed by atoms with van der Waals surface area (Å²) < 4.78 is 0. The van der Waals surface area contributed by atoms with E-state index < -0.39 is 6.04 Å². The maximum absolute atomic E-state index is 12.1. The Kier molecular flexibility index (Phi) is 2.94. The molecule has 2 saturated heterocycles. The topological polar surface area (TPSA) is 57.7 Å². The number of carbonyl (C=O) groups is 3. The van der Waals surface area contributed by atoms with Crippen LogP contribution in [0.5, 0.6) is 0 Å². The highest BCUT2D eigenvalue weighted by atomic mass is 16.2. The molecule has 0 N–H and O–H groups in total. The first-order valence-corrected chi connectivity index (χ1v) is 5.72. The average molecular weight is 224 g/mol. The molecule has 2 aliphatic heterocycles. The Morgan fingerprint density at radius 2 is 2.00 bits per heavy atom. The van der Waals surface area contributed by atoms with Crippen molar-refractivity contribution in [2.75, 3.05) is 13.1 Å². The van der Waals surface area contributed by atoms with Crippen molar-refractivity contribution in [1.82, 2.24) is 9.80 Å². The number of likely N-dealkylation sites (tertiary alicyclic amines) is 2. The minimum atomic E-state index is -0.403. The molecule has 0 aromatic carbocycles. The average Bonchev–Trinajstić information content (AvgIpc) is 2.84. The summed E-state index contributed by atoms with van der Waals surface area (Å²) in [6.45, 7) is 2.62. The fourth-order valence-electron chi connectivity index (χ4n) is 2.46. The number of imide groups is 1. The Morgan fingerprint density at radius 3 is 2.56 bits per heavy atom. The van der Waals surface area contributed by atoms with Crippen molar-refractivity contribution in [2.24, 2.45) is 0 Å². The number of nitrogens with zero attached hydrogens (tertiary/aromatic N) is 2. The third-order valence-corrected chi connectivity index (χ3v) is 3.28. The van der Waals surface area contributed by atoms with Crippen LogP contribution in [0.25, 0.3) is 0 Å². The van der Waals surface area contributed by atoms with E-state index in [2.05, 4.69) is 0 Å². The number of rotatable bonds is 1. The van der Waals surface area contributed by atoms with Crippen molar-refractivity contribution in [3.8, 4) is 0 Å². The van der Waals surface area contributed by atoms with E-state index >= 15 is 0 Å². The van der Waals surface area contributed by atoms with Gasteiger partial charge in [-0.2, -0.15) is 0 Å². The van der Waals surface area contributed by atoms with Gasteiger partial charge in [-0.15, -0.1) is 0 Å². The molecule has 88 valence electrons. The molecule has 0 radical (unpaired) electrons. The van der Waals surface area contributed by atoms with Gasteiger partial charge in [-0.25, -0.2) is 0 Å². The Hall–Kier alpha value is -1.39. The predicted octanol–water partition coefficient (Wildman–Crippen LogP) is 0.146. The van der Waals surface area contributed by atoms with Gasteiger partial charge in [-0.1, -0.05) is 0 Å². The van der Waals surface area contributed by atoms with Gasteiger partial charge in [0.25, 0.3) is 5.91 Å². The molecule has 0 aliphatic carbocycles. The first kappa shape index (κ1) is 11.1. The van der Waals surface area contributed by atoms with Crippen molar-refractivity contribution in [3.63, 3.8) is 0 Å². The summed E-state index contributed by atoms with van der Waals surface area (Å²) in [5.74, 6) is -0.363. The van der Waals surface area contributed by atoms with Crippen molar-refractivity contribution in [2.45, 2.75) is 38.6 Å². The van der Waals surface area contributed by atoms with E-state index in [1.807, 2.05) is 0 Å². The zero-order chi connectivity index (χ0) is 11.7. The van der Waals surface area contributed by atoms with Gasteiger partial charge in [0.15, 0.2) is 0 Å². The first-order valence-electron chi connectivity index (χ1n) is 5.72. The maximum Gasteiger partial charge on any atom is 0.251 e. The normalized spacial score (nSPS) is 25.3. The summed E-state index contributed by atoms with van der Waals surface area (Å²) in [6, 6.07) is -0.403. The summed E-state index contributed by atoms with van der Waals surface area (Å²) in [5, 5.41) is 0. The molecular formula is C11H16N2O3. The predicted molar refractivity (Wildman–Crippen MR) is 56.4 cm³/mol. The second-order valence-corrected chi connectivity index (χ2v) is 4.36. The molecule has 2 fully saturated rings. The zero-order valence-corrected chi connectivity index (χ0v) is 9.44. The Bertz CT molecular complexity index is 340. The highest BCUT2D eigenvalue weighted by Gasteiger charge is 2.38. The van der Waals surface area contributed by atoms with E-state index in [1.54, 1.807) is 4.90 Å². The Morgan fingerprint density at radius 1 is 1.25 bits per heavy atom. The minimum absolute atomic E-state index is 0.0810. The van der Waals surface area contributed by atoms with Crippen LogP contribution in [0.4, 0.5) is 0 Å². The van der Waals surface area contributed by atoms with Gasteiger partial charge >= 0.3 is 0 Å². The SMILES string of the molecule is CC(=O)N1CCCC1C(=O)N1CCCC1=O. The first-order chi connectivity index (χ1) is 7.61. The second-order valence-electron chi connectivity index (χ2n) is 4.36. The molecule has 5 heteroatoms. The molecule has 3 amide bonds. The largest absolute Gasteiger partial charge is 0.331 e. The Balaban J connectivity index is 2.09. The molecule has 0 spiro atoms.